The number of piperidine rings is 1. The molecule has 1 saturated heterocycles. The maximum absolute atomic E-state index is 13.4. The van der Waals surface area contributed by atoms with E-state index in [1.165, 1.54) is 24.3 Å². The van der Waals surface area contributed by atoms with Crippen LogP contribution in [0.15, 0.2) is 46.8 Å². The molecule has 0 atom stereocenters. The third kappa shape index (κ3) is 4.42. The van der Waals surface area contributed by atoms with Crippen molar-refractivity contribution in [3.8, 4) is 10.4 Å². The van der Waals surface area contributed by atoms with Gasteiger partial charge in [-0.3, -0.25) is 0 Å². The molecular weight excluding hydrogens is 448 g/mol. The number of likely N-dealkylation sites (tertiary alicyclic amines) is 1. The van der Waals surface area contributed by atoms with E-state index in [9.17, 15) is 8.78 Å². The van der Waals surface area contributed by atoms with Gasteiger partial charge in [0.25, 0.3) is 0 Å². The van der Waals surface area contributed by atoms with Gasteiger partial charge in [0.05, 0.1) is 22.1 Å². The molecule has 0 spiro atoms. The summed E-state index contributed by atoms with van der Waals surface area (Å²) in [6.45, 7) is 2.87. The van der Waals surface area contributed by atoms with Crippen LogP contribution in [-0.4, -0.2) is 50.8 Å². The number of nitrogens with zero attached hydrogens (tertiary/aromatic N) is 5. The van der Waals surface area contributed by atoms with Crippen LogP contribution in [0.1, 0.15) is 24.6 Å². The Kier molecular flexibility index (Phi) is 6.21. The second kappa shape index (κ2) is 9.25. The van der Waals surface area contributed by atoms with Gasteiger partial charge < -0.3 is 4.90 Å². The van der Waals surface area contributed by atoms with Crippen molar-refractivity contribution in [2.24, 2.45) is 0 Å². The molecule has 1 aliphatic heterocycles. The van der Waals surface area contributed by atoms with Crippen molar-refractivity contribution in [3.05, 3.63) is 59.8 Å². The highest BCUT2D eigenvalue weighted by Gasteiger charge is 2.23. The van der Waals surface area contributed by atoms with Crippen molar-refractivity contribution in [1.29, 1.82) is 0 Å². The molecule has 0 unspecified atom stereocenters. The first-order valence-electron chi connectivity index (χ1n) is 10.6. The summed E-state index contributed by atoms with van der Waals surface area (Å²) in [4.78, 5) is 8.41. The van der Waals surface area contributed by atoms with Crippen LogP contribution in [0, 0.1) is 11.6 Å². The lowest BCUT2D eigenvalue weighted by Gasteiger charge is -2.31. The number of hydrogen-bond acceptors (Lipinski definition) is 6. The molecule has 0 N–H and O–H groups in total. The van der Waals surface area contributed by atoms with E-state index >= 15 is 0 Å². The summed E-state index contributed by atoms with van der Waals surface area (Å²) in [6.07, 6.45) is 4.85. The van der Waals surface area contributed by atoms with Crippen molar-refractivity contribution in [2.75, 3.05) is 25.9 Å². The molecule has 0 saturated carbocycles. The number of benzene rings is 2. The van der Waals surface area contributed by atoms with E-state index in [2.05, 4.69) is 15.2 Å². The minimum atomic E-state index is -0.286. The zero-order valence-electron chi connectivity index (χ0n) is 17.7. The summed E-state index contributed by atoms with van der Waals surface area (Å²) in [5, 5.41) is 8.42. The van der Waals surface area contributed by atoms with E-state index in [0.29, 0.717) is 5.52 Å². The molecule has 3 heterocycles. The van der Waals surface area contributed by atoms with Gasteiger partial charge in [0.1, 0.15) is 21.5 Å². The Bertz CT molecular complexity index is 1210. The van der Waals surface area contributed by atoms with Gasteiger partial charge in [-0.15, -0.1) is 16.4 Å². The summed E-state index contributed by atoms with van der Waals surface area (Å²) in [7, 11) is 0. The lowest BCUT2D eigenvalue weighted by atomic mass is 10.0. The summed E-state index contributed by atoms with van der Waals surface area (Å²) in [5.41, 5.74) is 3.60. The monoisotopic (exact) mass is 471 g/mol. The minimum absolute atomic E-state index is 0.224. The maximum Gasteiger partial charge on any atom is 0.150 e. The SMILES string of the molecule is CSc1nc(CCN2CCC(n3nnc4cc(F)ccc43)CC2)c(-c2ccc(F)cc2)s1. The zero-order valence-corrected chi connectivity index (χ0v) is 19.3. The van der Waals surface area contributed by atoms with Crippen molar-refractivity contribution in [3.63, 3.8) is 0 Å². The molecule has 5 nitrogen and oxygen atoms in total. The van der Waals surface area contributed by atoms with Crippen molar-refractivity contribution < 1.29 is 8.78 Å². The van der Waals surface area contributed by atoms with E-state index in [4.69, 9.17) is 4.98 Å². The second-order valence-corrected chi connectivity index (χ2v) is 10.0. The molecule has 166 valence electrons. The second-order valence-electron chi connectivity index (χ2n) is 7.96. The van der Waals surface area contributed by atoms with Gasteiger partial charge in [-0.1, -0.05) is 29.1 Å². The summed E-state index contributed by atoms with van der Waals surface area (Å²) < 4.78 is 29.8. The van der Waals surface area contributed by atoms with Crippen LogP contribution in [0.5, 0.6) is 0 Å². The number of aromatic nitrogens is 4. The molecule has 0 aliphatic carbocycles. The third-order valence-corrected chi connectivity index (χ3v) is 8.09. The molecule has 5 rings (SSSR count). The van der Waals surface area contributed by atoms with E-state index in [1.54, 1.807) is 29.2 Å². The van der Waals surface area contributed by atoms with Crippen molar-refractivity contribution >= 4 is 34.1 Å². The quantitative estimate of drug-likeness (QED) is 0.351. The number of halogens is 2. The molecule has 1 fully saturated rings. The van der Waals surface area contributed by atoms with E-state index in [0.717, 1.165) is 64.9 Å². The fourth-order valence-electron chi connectivity index (χ4n) is 4.25. The molecule has 0 radical (unpaired) electrons. The Morgan fingerprint density at radius 2 is 1.81 bits per heavy atom. The average molecular weight is 472 g/mol. The Morgan fingerprint density at radius 3 is 2.56 bits per heavy atom. The van der Waals surface area contributed by atoms with Crippen LogP contribution >= 0.6 is 23.1 Å². The van der Waals surface area contributed by atoms with E-state index < -0.39 is 0 Å². The highest BCUT2D eigenvalue weighted by atomic mass is 32.2. The van der Waals surface area contributed by atoms with Crippen molar-refractivity contribution in [1.82, 2.24) is 24.9 Å². The first-order chi connectivity index (χ1) is 15.6. The fraction of sp³-hybridized carbons (Fsp3) is 0.348. The predicted molar refractivity (Wildman–Crippen MR) is 125 cm³/mol. The Morgan fingerprint density at radius 1 is 1.06 bits per heavy atom. The van der Waals surface area contributed by atoms with Gasteiger partial charge >= 0.3 is 0 Å². The van der Waals surface area contributed by atoms with Gasteiger partial charge in [0.15, 0.2) is 0 Å². The molecule has 0 bridgehead atoms. The summed E-state index contributed by atoms with van der Waals surface area (Å²) in [6, 6.07) is 11.6. The average Bonchev–Trinajstić information content (AvgIpc) is 3.42. The Hall–Kier alpha value is -2.36. The van der Waals surface area contributed by atoms with Crippen LogP contribution < -0.4 is 0 Å². The molecule has 2 aromatic carbocycles. The largest absolute Gasteiger partial charge is 0.303 e. The van der Waals surface area contributed by atoms with Crippen LogP contribution in [-0.2, 0) is 6.42 Å². The molecule has 0 amide bonds. The summed E-state index contributed by atoms with van der Waals surface area (Å²) >= 11 is 3.32. The van der Waals surface area contributed by atoms with Crippen LogP contribution in [0.4, 0.5) is 8.78 Å². The highest BCUT2D eigenvalue weighted by Crippen LogP contribution is 2.35. The number of thioether (sulfide) groups is 1. The molecule has 9 heteroatoms. The topological polar surface area (TPSA) is 46.8 Å². The lowest BCUT2D eigenvalue weighted by Crippen LogP contribution is -2.36. The standard InChI is InChI=1S/C23H23F2N5S2/c1-31-23-26-19(22(32-23)15-2-4-16(24)5-3-15)10-13-29-11-8-18(9-12-29)30-21-7-6-17(25)14-20(21)27-28-30/h2-7,14,18H,8-13H2,1H3. The molecule has 4 aromatic rings. The minimum Gasteiger partial charge on any atom is -0.303 e. The van der Waals surface area contributed by atoms with Crippen LogP contribution in [0.3, 0.4) is 0 Å². The van der Waals surface area contributed by atoms with Gasteiger partial charge in [0, 0.05) is 32.1 Å². The van der Waals surface area contributed by atoms with Gasteiger partial charge in [-0.05, 0) is 48.9 Å². The van der Waals surface area contributed by atoms with E-state index in [1.807, 2.05) is 23.1 Å². The number of thiazole rings is 1. The normalized spacial score (nSPS) is 15.6. The number of hydrogen-bond donors (Lipinski definition) is 0. The van der Waals surface area contributed by atoms with Gasteiger partial charge in [-0.2, -0.15) is 0 Å². The fourth-order valence-corrected chi connectivity index (χ4v) is 5.88. The van der Waals surface area contributed by atoms with Crippen LogP contribution in [0.25, 0.3) is 21.5 Å². The Labute approximate surface area is 193 Å². The van der Waals surface area contributed by atoms with Gasteiger partial charge in [0.2, 0.25) is 0 Å². The zero-order chi connectivity index (χ0) is 22.1. The highest BCUT2D eigenvalue weighted by molar-refractivity contribution is 8.00. The molecule has 32 heavy (non-hydrogen) atoms. The van der Waals surface area contributed by atoms with Crippen molar-refractivity contribution in [2.45, 2.75) is 29.6 Å². The third-order valence-electron chi connectivity index (χ3n) is 5.96. The first-order valence-corrected chi connectivity index (χ1v) is 12.7. The molecule has 1 aliphatic rings. The van der Waals surface area contributed by atoms with Crippen LogP contribution in [0.2, 0.25) is 0 Å². The first kappa shape index (κ1) is 21.5. The smallest absolute Gasteiger partial charge is 0.150 e. The Balaban J connectivity index is 1.23. The maximum atomic E-state index is 13.4. The van der Waals surface area contributed by atoms with E-state index in [-0.39, 0.29) is 17.7 Å². The summed E-state index contributed by atoms with van der Waals surface area (Å²) in [5.74, 6) is -0.510. The predicted octanol–water partition coefficient (Wildman–Crippen LogP) is 5.43. The molecule has 2 aromatic heterocycles. The molecular formula is C23H23F2N5S2. The van der Waals surface area contributed by atoms with Gasteiger partial charge in [-0.25, -0.2) is 18.4 Å². The lowest BCUT2D eigenvalue weighted by molar-refractivity contribution is 0.182. The number of rotatable bonds is 6. The number of fused-ring (bicyclic) bond motifs is 1.